The maximum atomic E-state index is 12.3. The molecule has 5 heteroatoms. The maximum absolute atomic E-state index is 12.3. The summed E-state index contributed by atoms with van der Waals surface area (Å²) >= 11 is 0. The second-order valence-electron chi connectivity index (χ2n) is 2.98. The molecule has 0 saturated carbocycles. The summed E-state index contributed by atoms with van der Waals surface area (Å²) in [7, 11) is 0. The SMILES string of the molecule is CC(C)c1cncnc1C(F)(F)F. The van der Waals surface area contributed by atoms with E-state index in [1.165, 1.54) is 6.20 Å². The van der Waals surface area contributed by atoms with Crippen LogP contribution in [0.2, 0.25) is 0 Å². The minimum Gasteiger partial charge on any atom is -0.244 e. The summed E-state index contributed by atoms with van der Waals surface area (Å²) in [5.41, 5.74) is -0.701. The zero-order valence-electron chi connectivity index (χ0n) is 7.26. The molecule has 1 heterocycles. The first-order valence-electron chi connectivity index (χ1n) is 3.80. The van der Waals surface area contributed by atoms with Gasteiger partial charge >= 0.3 is 6.18 Å². The molecule has 1 rings (SSSR count). The average molecular weight is 190 g/mol. The van der Waals surface area contributed by atoms with Crippen molar-refractivity contribution in [3.63, 3.8) is 0 Å². The van der Waals surface area contributed by atoms with Crippen LogP contribution in [0, 0.1) is 0 Å². The third-order valence-corrected chi connectivity index (χ3v) is 1.63. The van der Waals surface area contributed by atoms with Crippen LogP contribution in [0.25, 0.3) is 0 Å². The molecule has 0 aliphatic rings. The summed E-state index contributed by atoms with van der Waals surface area (Å²) in [6, 6.07) is 0. The summed E-state index contributed by atoms with van der Waals surface area (Å²) in [6.45, 7) is 3.35. The largest absolute Gasteiger partial charge is 0.433 e. The molecule has 0 fully saturated rings. The van der Waals surface area contributed by atoms with E-state index in [0.717, 1.165) is 6.33 Å². The summed E-state index contributed by atoms with van der Waals surface area (Å²) < 4.78 is 37.0. The Morgan fingerprint density at radius 3 is 2.31 bits per heavy atom. The van der Waals surface area contributed by atoms with Crippen LogP contribution in [-0.2, 0) is 6.18 Å². The molecule has 1 aromatic rings. The summed E-state index contributed by atoms with van der Waals surface area (Å²) in [5.74, 6) is -0.224. The van der Waals surface area contributed by atoms with Gasteiger partial charge in [0.2, 0.25) is 0 Å². The minimum absolute atomic E-state index is 0.134. The predicted octanol–water partition coefficient (Wildman–Crippen LogP) is 2.62. The standard InChI is InChI=1S/C8H9F3N2/c1-5(2)6-3-12-4-13-7(6)8(9,10)11/h3-5H,1-2H3. The lowest BCUT2D eigenvalue weighted by Gasteiger charge is -2.12. The molecule has 0 radical (unpaired) electrons. The molecule has 72 valence electrons. The Morgan fingerprint density at radius 1 is 1.31 bits per heavy atom. The summed E-state index contributed by atoms with van der Waals surface area (Å²) in [4.78, 5) is 6.80. The number of aromatic nitrogens is 2. The highest BCUT2D eigenvalue weighted by Gasteiger charge is 2.35. The van der Waals surface area contributed by atoms with Gasteiger partial charge in [-0.25, -0.2) is 9.97 Å². The zero-order valence-corrected chi connectivity index (χ0v) is 7.26. The summed E-state index contributed by atoms with van der Waals surface area (Å²) in [6.07, 6.45) is -2.27. The smallest absolute Gasteiger partial charge is 0.244 e. The monoisotopic (exact) mass is 190 g/mol. The first-order chi connectivity index (χ1) is 5.93. The Hall–Kier alpha value is -1.13. The fourth-order valence-electron chi connectivity index (χ4n) is 1.000. The molecule has 0 unspecified atom stereocenters. The van der Waals surface area contributed by atoms with Crippen LogP contribution in [-0.4, -0.2) is 9.97 Å². The first-order valence-corrected chi connectivity index (χ1v) is 3.80. The molecule has 0 aliphatic carbocycles. The van der Waals surface area contributed by atoms with Crippen molar-refractivity contribution in [2.45, 2.75) is 25.9 Å². The molecule has 2 nitrogen and oxygen atoms in total. The highest BCUT2D eigenvalue weighted by Crippen LogP contribution is 2.32. The number of hydrogen-bond donors (Lipinski definition) is 0. The normalized spacial score (nSPS) is 12.2. The Morgan fingerprint density at radius 2 is 1.92 bits per heavy atom. The lowest BCUT2D eigenvalue weighted by atomic mass is 10.0. The van der Waals surface area contributed by atoms with Gasteiger partial charge in [0.25, 0.3) is 0 Å². The Labute approximate surface area is 73.8 Å². The molecule has 0 saturated heterocycles. The van der Waals surface area contributed by atoms with E-state index in [9.17, 15) is 13.2 Å². The lowest BCUT2D eigenvalue weighted by Crippen LogP contribution is -2.13. The third kappa shape index (κ3) is 2.17. The van der Waals surface area contributed by atoms with Gasteiger partial charge in [0.1, 0.15) is 6.33 Å². The molecule has 0 atom stereocenters. The fourth-order valence-corrected chi connectivity index (χ4v) is 1.000. The van der Waals surface area contributed by atoms with Crippen molar-refractivity contribution in [2.24, 2.45) is 0 Å². The van der Waals surface area contributed by atoms with Crippen LogP contribution >= 0.6 is 0 Å². The van der Waals surface area contributed by atoms with Gasteiger partial charge < -0.3 is 0 Å². The molecule has 0 N–H and O–H groups in total. The topological polar surface area (TPSA) is 25.8 Å². The van der Waals surface area contributed by atoms with Gasteiger partial charge in [-0.3, -0.25) is 0 Å². The van der Waals surface area contributed by atoms with Gasteiger partial charge in [-0.2, -0.15) is 13.2 Å². The van der Waals surface area contributed by atoms with Crippen molar-refractivity contribution < 1.29 is 13.2 Å². The van der Waals surface area contributed by atoms with E-state index in [2.05, 4.69) is 9.97 Å². The van der Waals surface area contributed by atoms with Crippen molar-refractivity contribution in [1.29, 1.82) is 0 Å². The molecule has 0 spiro atoms. The van der Waals surface area contributed by atoms with Gasteiger partial charge in [-0.15, -0.1) is 0 Å². The van der Waals surface area contributed by atoms with E-state index in [1.807, 2.05) is 0 Å². The van der Waals surface area contributed by atoms with Crippen LogP contribution < -0.4 is 0 Å². The second kappa shape index (κ2) is 3.32. The lowest BCUT2D eigenvalue weighted by molar-refractivity contribution is -0.142. The molecular formula is C8H9F3N2. The van der Waals surface area contributed by atoms with E-state index in [4.69, 9.17) is 0 Å². The molecule has 0 aliphatic heterocycles. The molecule has 0 aromatic carbocycles. The van der Waals surface area contributed by atoms with E-state index < -0.39 is 11.9 Å². The van der Waals surface area contributed by atoms with Crippen LogP contribution in [0.1, 0.15) is 31.0 Å². The summed E-state index contributed by atoms with van der Waals surface area (Å²) in [5, 5.41) is 0. The van der Waals surface area contributed by atoms with Crippen molar-refractivity contribution in [2.75, 3.05) is 0 Å². The molecule has 0 amide bonds. The van der Waals surface area contributed by atoms with Crippen molar-refractivity contribution in [3.8, 4) is 0 Å². The van der Waals surface area contributed by atoms with E-state index >= 15 is 0 Å². The van der Waals surface area contributed by atoms with Gasteiger partial charge in [0.15, 0.2) is 5.69 Å². The molecule has 0 bridgehead atoms. The van der Waals surface area contributed by atoms with E-state index in [-0.39, 0.29) is 11.5 Å². The van der Waals surface area contributed by atoms with E-state index in [0.29, 0.717) is 0 Å². The third-order valence-electron chi connectivity index (χ3n) is 1.63. The van der Waals surface area contributed by atoms with Crippen LogP contribution in [0.15, 0.2) is 12.5 Å². The maximum Gasteiger partial charge on any atom is 0.433 e. The van der Waals surface area contributed by atoms with Crippen molar-refractivity contribution in [3.05, 3.63) is 23.8 Å². The van der Waals surface area contributed by atoms with Crippen LogP contribution in [0.4, 0.5) is 13.2 Å². The minimum atomic E-state index is -4.39. The van der Waals surface area contributed by atoms with Crippen LogP contribution in [0.3, 0.4) is 0 Å². The fraction of sp³-hybridized carbons (Fsp3) is 0.500. The molecule has 13 heavy (non-hydrogen) atoms. The highest BCUT2D eigenvalue weighted by molar-refractivity contribution is 5.22. The van der Waals surface area contributed by atoms with Gasteiger partial charge in [0.05, 0.1) is 0 Å². The number of halogens is 3. The molecule has 1 aromatic heterocycles. The number of nitrogens with zero attached hydrogens (tertiary/aromatic N) is 2. The Kier molecular flexibility index (Phi) is 2.54. The number of alkyl halides is 3. The molecular weight excluding hydrogens is 181 g/mol. The number of rotatable bonds is 1. The van der Waals surface area contributed by atoms with Gasteiger partial charge in [-0.1, -0.05) is 13.8 Å². The predicted molar refractivity (Wildman–Crippen MR) is 41.1 cm³/mol. The van der Waals surface area contributed by atoms with Crippen molar-refractivity contribution >= 4 is 0 Å². The quantitative estimate of drug-likeness (QED) is 0.680. The number of hydrogen-bond acceptors (Lipinski definition) is 2. The first kappa shape index (κ1) is 9.95. The average Bonchev–Trinajstić information content (AvgIpc) is 2.03. The van der Waals surface area contributed by atoms with Gasteiger partial charge in [0, 0.05) is 11.8 Å². The van der Waals surface area contributed by atoms with E-state index in [1.54, 1.807) is 13.8 Å². The Bertz CT molecular complexity index is 294. The Balaban J connectivity index is 3.20. The highest BCUT2D eigenvalue weighted by atomic mass is 19.4. The zero-order chi connectivity index (χ0) is 10.1. The van der Waals surface area contributed by atoms with Crippen molar-refractivity contribution in [1.82, 2.24) is 9.97 Å². The van der Waals surface area contributed by atoms with Gasteiger partial charge in [-0.05, 0) is 5.92 Å². The van der Waals surface area contributed by atoms with Crippen LogP contribution in [0.5, 0.6) is 0 Å². The second-order valence-corrected chi connectivity index (χ2v) is 2.98.